The average molecular weight is 286 g/mol. The Morgan fingerprint density at radius 3 is 2.35 bits per heavy atom. The van der Waals surface area contributed by atoms with Crippen LogP contribution in [0.2, 0.25) is 0 Å². The van der Waals surface area contributed by atoms with Crippen LogP contribution in [0.15, 0.2) is 0 Å². The first-order valence-corrected chi connectivity index (χ1v) is 7.12. The highest BCUT2D eigenvalue weighted by Crippen LogP contribution is 2.30. The minimum atomic E-state index is -0.402. The summed E-state index contributed by atoms with van der Waals surface area (Å²) in [7, 11) is 3.48. The molecule has 0 aliphatic heterocycles. The maximum Gasteiger partial charge on any atom is 0.109 e. The fourth-order valence-electron chi connectivity index (χ4n) is 2.26. The first-order chi connectivity index (χ1) is 9.76. The molecule has 2 unspecified atom stereocenters. The summed E-state index contributed by atoms with van der Waals surface area (Å²) in [6.07, 6.45) is 2.68. The van der Waals surface area contributed by atoms with Gasteiger partial charge in [0.25, 0.3) is 0 Å². The lowest BCUT2D eigenvalue weighted by Gasteiger charge is -2.19. The van der Waals surface area contributed by atoms with Crippen LogP contribution < -0.4 is 5.32 Å². The van der Waals surface area contributed by atoms with Crippen LogP contribution in [0, 0.1) is 11.3 Å². The second-order valence-corrected chi connectivity index (χ2v) is 4.90. The molecule has 1 fully saturated rings. The zero-order chi connectivity index (χ0) is 14.7. The van der Waals surface area contributed by atoms with Crippen molar-refractivity contribution in [2.75, 3.05) is 53.8 Å². The Morgan fingerprint density at radius 2 is 1.80 bits per heavy atom. The highest BCUT2D eigenvalue weighted by atomic mass is 16.6. The number of nitrogens with zero attached hydrogens (tertiary/aromatic N) is 1. The zero-order valence-corrected chi connectivity index (χ0v) is 12.5. The first-order valence-electron chi connectivity index (χ1n) is 7.12. The third-order valence-electron chi connectivity index (χ3n) is 3.55. The van der Waals surface area contributed by atoms with Crippen molar-refractivity contribution in [3.63, 3.8) is 0 Å². The Hall–Kier alpha value is -0.710. The van der Waals surface area contributed by atoms with Crippen LogP contribution in [0.4, 0.5) is 0 Å². The summed E-state index contributed by atoms with van der Waals surface area (Å²) in [4.78, 5) is 0. The molecule has 6 heteroatoms. The minimum absolute atomic E-state index is 0.156. The SMILES string of the molecule is CNC1(C#N)CCC(OCCOCCOCCOC)C1. The summed E-state index contributed by atoms with van der Waals surface area (Å²) in [5.41, 5.74) is -0.402. The van der Waals surface area contributed by atoms with Gasteiger partial charge >= 0.3 is 0 Å². The Labute approximate surface area is 121 Å². The van der Waals surface area contributed by atoms with E-state index >= 15 is 0 Å². The van der Waals surface area contributed by atoms with E-state index in [2.05, 4.69) is 11.4 Å². The molecule has 0 heterocycles. The van der Waals surface area contributed by atoms with Crippen molar-refractivity contribution in [3.05, 3.63) is 0 Å². The van der Waals surface area contributed by atoms with Crippen molar-refractivity contribution >= 4 is 0 Å². The summed E-state index contributed by atoms with van der Waals surface area (Å²) in [6, 6.07) is 2.34. The highest BCUT2D eigenvalue weighted by molar-refractivity contribution is 5.11. The van der Waals surface area contributed by atoms with Crippen molar-refractivity contribution < 1.29 is 18.9 Å². The molecule has 0 bridgehead atoms. The van der Waals surface area contributed by atoms with Crippen molar-refractivity contribution in [2.24, 2.45) is 0 Å². The maximum absolute atomic E-state index is 9.15. The van der Waals surface area contributed by atoms with Crippen LogP contribution >= 0.6 is 0 Å². The van der Waals surface area contributed by atoms with E-state index in [0.29, 0.717) is 39.6 Å². The molecule has 1 aliphatic rings. The Balaban J connectivity index is 1.94. The normalized spacial score (nSPS) is 25.8. The molecule has 20 heavy (non-hydrogen) atoms. The van der Waals surface area contributed by atoms with E-state index < -0.39 is 5.54 Å². The molecule has 0 saturated heterocycles. The van der Waals surface area contributed by atoms with E-state index in [1.807, 2.05) is 7.05 Å². The first kappa shape index (κ1) is 17.3. The molecule has 0 aromatic carbocycles. The zero-order valence-electron chi connectivity index (χ0n) is 12.5. The molecule has 0 amide bonds. The summed E-state index contributed by atoms with van der Waals surface area (Å²) in [6.45, 7) is 3.47. The van der Waals surface area contributed by atoms with Crippen molar-refractivity contribution in [3.8, 4) is 6.07 Å². The fraction of sp³-hybridized carbons (Fsp3) is 0.929. The molecular formula is C14H26N2O4. The molecule has 0 aromatic rings. The molecule has 6 nitrogen and oxygen atoms in total. The second kappa shape index (κ2) is 10.1. The molecular weight excluding hydrogens is 260 g/mol. The monoisotopic (exact) mass is 286 g/mol. The van der Waals surface area contributed by atoms with Gasteiger partial charge in [-0.25, -0.2) is 0 Å². The third-order valence-corrected chi connectivity index (χ3v) is 3.55. The number of methoxy groups -OCH3 is 1. The van der Waals surface area contributed by atoms with Crippen molar-refractivity contribution in [1.29, 1.82) is 5.26 Å². The maximum atomic E-state index is 9.15. The fourth-order valence-corrected chi connectivity index (χ4v) is 2.26. The van der Waals surface area contributed by atoms with Crippen LogP contribution in [0.3, 0.4) is 0 Å². The van der Waals surface area contributed by atoms with Gasteiger partial charge in [0, 0.05) is 13.5 Å². The van der Waals surface area contributed by atoms with E-state index in [0.717, 1.165) is 19.3 Å². The number of rotatable bonds is 11. The molecule has 116 valence electrons. The molecule has 0 spiro atoms. The van der Waals surface area contributed by atoms with Gasteiger partial charge in [-0.15, -0.1) is 0 Å². The molecule has 0 aromatic heterocycles. The van der Waals surface area contributed by atoms with Crippen LogP contribution in [0.5, 0.6) is 0 Å². The average Bonchev–Trinajstić information content (AvgIpc) is 2.90. The Morgan fingerprint density at radius 1 is 1.15 bits per heavy atom. The van der Waals surface area contributed by atoms with Crippen LogP contribution in [0.25, 0.3) is 0 Å². The number of nitrogens with one attached hydrogen (secondary N) is 1. The lowest BCUT2D eigenvalue weighted by molar-refractivity contribution is -0.0153. The van der Waals surface area contributed by atoms with E-state index in [9.17, 15) is 0 Å². The van der Waals surface area contributed by atoms with E-state index in [1.165, 1.54) is 0 Å². The number of ether oxygens (including phenoxy) is 4. The number of nitriles is 1. The van der Waals surface area contributed by atoms with Gasteiger partial charge in [-0.2, -0.15) is 5.26 Å². The van der Waals surface area contributed by atoms with Crippen LogP contribution in [0.1, 0.15) is 19.3 Å². The lowest BCUT2D eigenvalue weighted by atomic mass is 10.0. The van der Waals surface area contributed by atoms with E-state index in [4.69, 9.17) is 24.2 Å². The topological polar surface area (TPSA) is 72.7 Å². The number of hydrogen-bond acceptors (Lipinski definition) is 6. The van der Waals surface area contributed by atoms with Gasteiger partial charge < -0.3 is 24.3 Å². The molecule has 1 saturated carbocycles. The van der Waals surface area contributed by atoms with Gasteiger partial charge in [0.2, 0.25) is 0 Å². The van der Waals surface area contributed by atoms with Crippen LogP contribution in [-0.2, 0) is 18.9 Å². The van der Waals surface area contributed by atoms with Gasteiger partial charge in [0.05, 0.1) is 51.8 Å². The Bertz CT molecular complexity index is 295. The van der Waals surface area contributed by atoms with Gasteiger partial charge in [-0.1, -0.05) is 0 Å². The number of hydrogen-bond donors (Lipinski definition) is 1. The second-order valence-electron chi connectivity index (χ2n) is 4.90. The molecule has 1 N–H and O–H groups in total. The largest absolute Gasteiger partial charge is 0.382 e. The lowest BCUT2D eigenvalue weighted by Crippen LogP contribution is -2.39. The van der Waals surface area contributed by atoms with Gasteiger partial charge in [-0.3, -0.25) is 0 Å². The van der Waals surface area contributed by atoms with E-state index in [-0.39, 0.29) is 6.10 Å². The standard InChI is InChI=1S/C14H26N2O4/c1-16-14(12-15)4-3-13(11-14)20-10-9-19-8-7-18-6-5-17-2/h13,16H,3-11H2,1-2H3. The predicted octanol–water partition coefficient (Wildman–Crippen LogP) is 0.717. The van der Waals surface area contributed by atoms with Gasteiger partial charge in [0.15, 0.2) is 0 Å². The smallest absolute Gasteiger partial charge is 0.109 e. The van der Waals surface area contributed by atoms with Gasteiger partial charge in [-0.05, 0) is 19.9 Å². The third kappa shape index (κ3) is 6.16. The van der Waals surface area contributed by atoms with Crippen molar-refractivity contribution in [1.82, 2.24) is 5.32 Å². The summed E-state index contributed by atoms with van der Waals surface area (Å²) in [5.74, 6) is 0. The predicted molar refractivity (Wildman–Crippen MR) is 74.5 cm³/mol. The molecule has 1 rings (SSSR count). The highest BCUT2D eigenvalue weighted by Gasteiger charge is 2.38. The van der Waals surface area contributed by atoms with E-state index in [1.54, 1.807) is 7.11 Å². The quantitative estimate of drug-likeness (QED) is 0.564. The Kier molecular flexibility index (Phi) is 8.74. The molecule has 0 radical (unpaired) electrons. The molecule has 1 aliphatic carbocycles. The molecule has 2 atom stereocenters. The van der Waals surface area contributed by atoms with Gasteiger partial charge in [0.1, 0.15) is 5.54 Å². The van der Waals surface area contributed by atoms with Crippen LogP contribution in [-0.4, -0.2) is 65.4 Å². The minimum Gasteiger partial charge on any atom is -0.382 e. The summed E-state index contributed by atoms with van der Waals surface area (Å²) < 4.78 is 21.3. The summed E-state index contributed by atoms with van der Waals surface area (Å²) >= 11 is 0. The summed E-state index contributed by atoms with van der Waals surface area (Å²) in [5, 5.41) is 12.2. The van der Waals surface area contributed by atoms with Crippen molar-refractivity contribution in [2.45, 2.75) is 30.9 Å².